The van der Waals surface area contributed by atoms with Crippen LogP contribution in [0.2, 0.25) is 0 Å². The van der Waals surface area contributed by atoms with Gasteiger partial charge in [-0.3, -0.25) is 4.79 Å². The van der Waals surface area contributed by atoms with Crippen molar-refractivity contribution in [1.82, 2.24) is 4.31 Å². The van der Waals surface area contributed by atoms with Gasteiger partial charge in [0.05, 0.1) is 23.3 Å². The zero-order valence-corrected chi connectivity index (χ0v) is 12.2. The average Bonchev–Trinajstić information content (AvgIpc) is 2.48. The van der Waals surface area contributed by atoms with Gasteiger partial charge in [-0.25, -0.2) is 8.42 Å². The molecule has 1 aromatic rings. The van der Waals surface area contributed by atoms with Gasteiger partial charge in [0.1, 0.15) is 0 Å². The Labute approximate surface area is 123 Å². The Morgan fingerprint density at radius 1 is 1.38 bits per heavy atom. The summed E-state index contributed by atoms with van der Waals surface area (Å²) >= 11 is 0. The second kappa shape index (κ2) is 6.24. The lowest BCUT2D eigenvalue weighted by Crippen LogP contribution is -2.42. The molecular formula is C14H16N2O4S. The monoisotopic (exact) mass is 308 g/mol. The number of carbonyl (C=O) groups is 1. The zero-order valence-electron chi connectivity index (χ0n) is 11.4. The zero-order chi connectivity index (χ0) is 15.5. The maximum absolute atomic E-state index is 12.5. The van der Waals surface area contributed by atoms with E-state index < -0.39 is 21.9 Å². The molecule has 7 heteroatoms. The molecule has 0 bridgehead atoms. The Morgan fingerprint density at radius 3 is 2.62 bits per heavy atom. The van der Waals surface area contributed by atoms with Gasteiger partial charge in [0.15, 0.2) is 0 Å². The van der Waals surface area contributed by atoms with Crippen LogP contribution in [0.5, 0.6) is 0 Å². The molecule has 112 valence electrons. The van der Waals surface area contributed by atoms with Crippen LogP contribution >= 0.6 is 0 Å². The van der Waals surface area contributed by atoms with Crippen LogP contribution < -0.4 is 0 Å². The molecule has 1 atom stereocenters. The van der Waals surface area contributed by atoms with E-state index in [9.17, 15) is 13.2 Å². The fourth-order valence-corrected chi connectivity index (χ4v) is 3.91. The summed E-state index contributed by atoms with van der Waals surface area (Å²) in [6, 6.07) is 8.14. The Morgan fingerprint density at radius 2 is 2.05 bits per heavy atom. The SMILES string of the molecule is N#CCc1ccc(S(=O)(=O)N2CCC[C@H](C(=O)O)C2)cc1. The molecule has 1 aromatic carbocycles. The fraction of sp³-hybridized carbons (Fsp3) is 0.429. The number of aliphatic carboxylic acids is 1. The highest BCUT2D eigenvalue weighted by Crippen LogP contribution is 2.24. The highest BCUT2D eigenvalue weighted by Gasteiger charge is 2.33. The first-order chi connectivity index (χ1) is 9.95. The minimum absolute atomic E-state index is 0.0115. The van der Waals surface area contributed by atoms with Gasteiger partial charge in [-0.15, -0.1) is 0 Å². The van der Waals surface area contributed by atoms with Crippen molar-refractivity contribution >= 4 is 16.0 Å². The third kappa shape index (κ3) is 3.40. The number of nitrogens with zero attached hydrogens (tertiary/aromatic N) is 2. The second-order valence-corrected chi connectivity index (χ2v) is 6.96. The highest BCUT2D eigenvalue weighted by atomic mass is 32.2. The molecule has 1 saturated heterocycles. The molecule has 0 radical (unpaired) electrons. The van der Waals surface area contributed by atoms with E-state index in [0.29, 0.717) is 19.4 Å². The van der Waals surface area contributed by atoms with E-state index in [0.717, 1.165) is 5.56 Å². The number of nitriles is 1. The van der Waals surface area contributed by atoms with E-state index in [1.54, 1.807) is 12.1 Å². The number of hydrogen-bond acceptors (Lipinski definition) is 4. The molecule has 1 N–H and O–H groups in total. The van der Waals surface area contributed by atoms with Crippen LogP contribution in [0.3, 0.4) is 0 Å². The maximum atomic E-state index is 12.5. The van der Waals surface area contributed by atoms with Crippen LogP contribution in [0.15, 0.2) is 29.2 Å². The standard InChI is InChI=1S/C14H16N2O4S/c15-8-7-11-3-5-13(6-4-11)21(19,20)16-9-1-2-12(10-16)14(17)18/h3-6,12H,1-2,7,9-10H2,(H,17,18)/t12-/m0/s1. The molecule has 0 aliphatic carbocycles. The molecule has 0 unspecified atom stereocenters. The topological polar surface area (TPSA) is 98.5 Å². The largest absolute Gasteiger partial charge is 0.481 e. The van der Waals surface area contributed by atoms with E-state index in [4.69, 9.17) is 10.4 Å². The molecule has 0 saturated carbocycles. The van der Waals surface area contributed by atoms with Crippen molar-refractivity contribution in [3.05, 3.63) is 29.8 Å². The molecule has 0 amide bonds. The smallest absolute Gasteiger partial charge is 0.307 e. The van der Waals surface area contributed by atoms with E-state index >= 15 is 0 Å². The normalized spacial score (nSPS) is 19.9. The number of benzene rings is 1. The number of hydrogen-bond donors (Lipinski definition) is 1. The van der Waals surface area contributed by atoms with E-state index in [2.05, 4.69) is 0 Å². The van der Waals surface area contributed by atoms with Crippen molar-refractivity contribution in [3.8, 4) is 6.07 Å². The van der Waals surface area contributed by atoms with Crippen molar-refractivity contribution in [2.24, 2.45) is 5.92 Å². The highest BCUT2D eigenvalue weighted by molar-refractivity contribution is 7.89. The first-order valence-electron chi connectivity index (χ1n) is 6.64. The van der Waals surface area contributed by atoms with Crippen molar-refractivity contribution < 1.29 is 18.3 Å². The number of rotatable bonds is 4. The van der Waals surface area contributed by atoms with Gasteiger partial charge < -0.3 is 5.11 Å². The third-order valence-electron chi connectivity index (χ3n) is 3.58. The summed E-state index contributed by atoms with van der Waals surface area (Å²) in [6.07, 6.45) is 1.27. The van der Waals surface area contributed by atoms with Gasteiger partial charge in [-0.1, -0.05) is 12.1 Å². The molecule has 0 spiro atoms. The number of carboxylic acids is 1. The molecule has 6 nitrogen and oxygen atoms in total. The summed E-state index contributed by atoms with van der Waals surface area (Å²) in [5.74, 6) is -1.61. The van der Waals surface area contributed by atoms with Crippen molar-refractivity contribution in [1.29, 1.82) is 5.26 Å². The lowest BCUT2D eigenvalue weighted by atomic mass is 10.0. The number of sulfonamides is 1. The van der Waals surface area contributed by atoms with Crippen LogP contribution in [0.1, 0.15) is 18.4 Å². The van der Waals surface area contributed by atoms with Gasteiger partial charge in [0.2, 0.25) is 10.0 Å². The van der Waals surface area contributed by atoms with Gasteiger partial charge in [0, 0.05) is 13.1 Å². The Balaban J connectivity index is 2.21. The second-order valence-electron chi connectivity index (χ2n) is 5.02. The van der Waals surface area contributed by atoms with Crippen LogP contribution in [0.4, 0.5) is 0 Å². The lowest BCUT2D eigenvalue weighted by Gasteiger charge is -2.29. The minimum Gasteiger partial charge on any atom is -0.481 e. The van der Waals surface area contributed by atoms with Crippen LogP contribution in [-0.2, 0) is 21.2 Å². The summed E-state index contributed by atoms with van der Waals surface area (Å²) in [6.45, 7) is 0.351. The van der Waals surface area contributed by atoms with Crippen molar-refractivity contribution in [2.75, 3.05) is 13.1 Å². The lowest BCUT2D eigenvalue weighted by molar-refractivity contribution is -0.142. The molecule has 0 aromatic heterocycles. The number of carboxylic acid groups (broad SMARTS) is 1. The minimum atomic E-state index is -3.67. The van der Waals surface area contributed by atoms with E-state index in [1.807, 2.05) is 6.07 Å². The van der Waals surface area contributed by atoms with Crippen LogP contribution in [0.25, 0.3) is 0 Å². The van der Waals surface area contributed by atoms with Crippen molar-refractivity contribution in [2.45, 2.75) is 24.2 Å². The fourth-order valence-electron chi connectivity index (χ4n) is 2.38. The molecule has 1 fully saturated rings. The predicted molar refractivity (Wildman–Crippen MR) is 74.9 cm³/mol. The maximum Gasteiger partial charge on any atom is 0.307 e. The van der Waals surface area contributed by atoms with Crippen LogP contribution in [0, 0.1) is 17.2 Å². The van der Waals surface area contributed by atoms with Crippen LogP contribution in [-0.4, -0.2) is 36.9 Å². The summed E-state index contributed by atoms with van der Waals surface area (Å²) in [4.78, 5) is 11.2. The summed E-state index contributed by atoms with van der Waals surface area (Å²) in [7, 11) is -3.67. The number of piperidine rings is 1. The molecule has 21 heavy (non-hydrogen) atoms. The van der Waals surface area contributed by atoms with E-state index in [1.165, 1.54) is 16.4 Å². The molecular weight excluding hydrogens is 292 g/mol. The molecule has 1 aliphatic rings. The third-order valence-corrected chi connectivity index (χ3v) is 5.46. The van der Waals surface area contributed by atoms with Gasteiger partial charge in [-0.05, 0) is 30.5 Å². The van der Waals surface area contributed by atoms with E-state index in [-0.39, 0.29) is 17.9 Å². The summed E-state index contributed by atoms with van der Waals surface area (Å²) < 4.78 is 26.2. The molecule has 1 aliphatic heterocycles. The van der Waals surface area contributed by atoms with Gasteiger partial charge in [-0.2, -0.15) is 9.57 Å². The summed E-state index contributed by atoms with van der Waals surface area (Å²) in [5.41, 5.74) is 0.749. The first kappa shape index (κ1) is 15.5. The Bertz CT molecular complexity index is 661. The quantitative estimate of drug-likeness (QED) is 0.902. The Hall–Kier alpha value is -1.91. The molecule has 1 heterocycles. The first-order valence-corrected chi connectivity index (χ1v) is 8.08. The van der Waals surface area contributed by atoms with Crippen molar-refractivity contribution in [3.63, 3.8) is 0 Å². The average molecular weight is 308 g/mol. The Kier molecular flexibility index (Phi) is 4.60. The van der Waals surface area contributed by atoms with Gasteiger partial charge in [0.25, 0.3) is 0 Å². The molecule has 2 rings (SSSR count). The summed E-state index contributed by atoms with van der Waals surface area (Å²) in [5, 5.41) is 17.6. The predicted octanol–water partition coefficient (Wildman–Crippen LogP) is 1.24. The van der Waals surface area contributed by atoms with Gasteiger partial charge >= 0.3 is 5.97 Å².